The molecule has 1 atom stereocenters. The molecule has 1 aromatic carbocycles. The summed E-state index contributed by atoms with van der Waals surface area (Å²) in [6, 6.07) is 2.78. The number of hydrogen-bond acceptors (Lipinski definition) is 3. The van der Waals surface area contributed by atoms with Crippen LogP contribution < -0.4 is 10.1 Å². The van der Waals surface area contributed by atoms with Crippen LogP contribution in [0, 0.1) is 5.82 Å². The third-order valence-corrected chi connectivity index (χ3v) is 2.87. The van der Waals surface area contributed by atoms with E-state index in [9.17, 15) is 14.0 Å². The number of benzene rings is 1. The van der Waals surface area contributed by atoms with Gasteiger partial charge in [-0.15, -0.1) is 0 Å². The lowest BCUT2D eigenvalue weighted by Gasteiger charge is -2.14. The smallest absolute Gasteiger partial charge is 0.326 e. The molecule has 0 spiro atoms. The summed E-state index contributed by atoms with van der Waals surface area (Å²) in [4.78, 5) is 22.9. The van der Waals surface area contributed by atoms with Gasteiger partial charge in [0, 0.05) is 6.07 Å². The minimum Gasteiger partial charge on any atom is -0.497 e. The zero-order chi connectivity index (χ0) is 15.1. The third kappa shape index (κ3) is 4.22. The van der Waals surface area contributed by atoms with E-state index in [1.165, 1.54) is 19.2 Å². The van der Waals surface area contributed by atoms with Crippen molar-refractivity contribution in [2.45, 2.75) is 32.2 Å². The highest BCUT2D eigenvalue weighted by atomic mass is 19.1. The lowest BCUT2D eigenvalue weighted by molar-refractivity contribution is -0.139. The fraction of sp³-hybridized carbons (Fsp3) is 0.429. The number of halogens is 1. The molecule has 0 saturated heterocycles. The summed E-state index contributed by atoms with van der Waals surface area (Å²) in [5.74, 6) is -2.32. The van der Waals surface area contributed by atoms with Crippen LogP contribution in [-0.4, -0.2) is 30.1 Å². The van der Waals surface area contributed by atoms with E-state index in [0.717, 1.165) is 12.5 Å². The average molecular weight is 283 g/mol. The summed E-state index contributed by atoms with van der Waals surface area (Å²) < 4.78 is 18.5. The number of methoxy groups -OCH3 is 1. The number of rotatable bonds is 7. The third-order valence-electron chi connectivity index (χ3n) is 2.87. The second-order valence-electron chi connectivity index (χ2n) is 4.35. The van der Waals surface area contributed by atoms with E-state index in [-0.39, 0.29) is 5.56 Å². The Morgan fingerprint density at radius 3 is 2.65 bits per heavy atom. The monoisotopic (exact) mass is 283 g/mol. The molecule has 1 aromatic rings. The van der Waals surface area contributed by atoms with Crippen molar-refractivity contribution in [3.63, 3.8) is 0 Å². The van der Waals surface area contributed by atoms with Gasteiger partial charge in [-0.2, -0.15) is 0 Å². The van der Waals surface area contributed by atoms with E-state index in [0.29, 0.717) is 18.6 Å². The first-order chi connectivity index (χ1) is 9.49. The minimum atomic E-state index is -1.12. The van der Waals surface area contributed by atoms with Gasteiger partial charge in [0.1, 0.15) is 17.6 Å². The lowest BCUT2D eigenvalue weighted by Crippen LogP contribution is -2.41. The highest BCUT2D eigenvalue weighted by Gasteiger charge is 2.21. The number of unbranched alkanes of at least 4 members (excludes halogenated alkanes) is 1. The highest BCUT2D eigenvalue weighted by Crippen LogP contribution is 2.16. The van der Waals surface area contributed by atoms with Gasteiger partial charge in [0.25, 0.3) is 5.91 Å². The van der Waals surface area contributed by atoms with Crippen molar-refractivity contribution in [2.75, 3.05) is 7.11 Å². The van der Waals surface area contributed by atoms with Gasteiger partial charge in [-0.05, 0) is 18.6 Å². The van der Waals surface area contributed by atoms with Crippen molar-refractivity contribution in [1.29, 1.82) is 0 Å². The fourth-order valence-electron chi connectivity index (χ4n) is 1.71. The molecule has 110 valence electrons. The largest absolute Gasteiger partial charge is 0.497 e. The normalized spacial score (nSPS) is 11.8. The van der Waals surface area contributed by atoms with Crippen LogP contribution in [0.3, 0.4) is 0 Å². The maximum absolute atomic E-state index is 13.7. The molecule has 0 aliphatic rings. The van der Waals surface area contributed by atoms with Gasteiger partial charge >= 0.3 is 5.97 Å². The van der Waals surface area contributed by atoms with Crippen molar-refractivity contribution in [2.24, 2.45) is 0 Å². The molecule has 5 nitrogen and oxygen atoms in total. The lowest BCUT2D eigenvalue weighted by atomic mass is 10.1. The van der Waals surface area contributed by atoms with E-state index >= 15 is 0 Å². The van der Waals surface area contributed by atoms with Crippen LogP contribution >= 0.6 is 0 Å². The molecule has 0 saturated carbocycles. The summed E-state index contributed by atoms with van der Waals surface area (Å²) in [5.41, 5.74) is -0.200. The van der Waals surface area contributed by atoms with Gasteiger partial charge in [0.05, 0.1) is 12.7 Å². The minimum absolute atomic E-state index is 0.200. The molecule has 0 aromatic heterocycles. The van der Waals surface area contributed by atoms with Crippen molar-refractivity contribution >= 4 is 11.9 Å². The molecule has 0 unspecified atom stereocenters. The number of ether oxygens (including phenoxy) is 1. The van der Waals surface area contributed by atoms with E-state index in [1.807, 2.05) is 6.92 Å². The Morgan fingerprint density at radius 1 is 1.45 bits per heavy atom. The summed E-state index contributed by atoms with van der Waals surface area (Å²) in [5, 5.41) is 11.3. The van der Waals surface area contributed by atoms with Crippen molar-refractivity contribution in [3.05, 3.63) is 29.6 Å². The first-order valence-corrected chi connectivity index (χ1v) is 6.36. The summed E-state index contributed by atoms with van der Waals surface area (Å²) in [6.45, 7) is 1.92. The number of carbonyl (C=O) groups excluding carboxylic acids is 1. The number of aliphatic carboxylic acids is 1. The number of nitrogens with one attached hydrogen (secondary N) is 1. The maximum atomic E-state index is 13.7. The van der Waals surface area contributed by atoms with Gasteiger partial charge in [-0.3, -0.25) is 4.79 Å². The molecule has 1 rings (SSSR count). The Balaban J connectivity index is 2.80. The van der Waals surface area contributed by atoms with Crippen LogP contribution in [0.4, 0.5) is 4.39 Å². The van der Waals surface area contributed by atoms with Gasteiger partial charge in [-0.1, -0.05) is 19.8 Å². The SMILES string of the molecule is CCCC[C@H](NC(=O)c1ccc(OC)cc1F)C(=O)O. The summed E-state index contributed by atoms with van der Waals surface area (Å²) >= 11 is 0. The molecule has 0 aliphatic carbocycles. The van der Waals surface area contributed by atoms with Crippen molar-refractivity contribution in [3.8, 4) is 5.75 Å². The molecule has 0 radical (unpaired) electrons. The van der Waals surface area contributed by atoms with Gasteiger partial charge < -0.3 is 15.2 Å². The number of amides is 1. The van der Waals surface area contributed by atoms with E-state index in [4.69, 9.17) is 9.84 Å². The molecule has 0 heterocycles. The zero-order valence-electron chi connectivity index (χ0n) is 11.5. The van der Waals surface area contributed by atoms with Crippen LogP contribution in [0.15, 0.2) is 18.2 Å². The number of carboxylic acids is 1. The highest BCUT2D eigenvalue weighted by molar-refractivity contribution is 5.96. The molecular formula is C14H18FNO4. The fourth-order valence-corrected chi connectivity index (χ4v) is 1.71. The van der Waals surface area contributed by atoms with Gasteiger partial charge in [0.15, 0.2) is 0 Å². The van der Waals surface area contributed by atoms with Crippen molar-refractivity contribution < 1.29 is 23.8 Å². The summed E-state index contributed by atoms with van der Waals surface area (Å²) in [6.07, 6.45) is 1.80. The molecule has 0 fully saturated rings. The predicted octanol–water partition coefficient (Wildman–Crippen LogP) is 2.21. The van der Waals surface area contributed by atoms with E-state index in [1.54, 1.807) is 0 Å². The second-order valence-corrected chi connectivity index (χ2v) is 4.35. The van der Waals surface area contributed by atoms with Crippen LogP contribution in [-0.2, 0) is 4.79 Å². The average Bonchev–Trinajstić information content (AvgIpc) is 2.42. The Morgan fingerprint density at radius 2 is 2.15 bits per heavy atom. The Bertz CT molecular complexity index is 490. The molecular weight excluding hydrogens is 265 g/mol. The first-order valence-electron chi connectivity index (χ1n) is 6.36. The number of carbonyl (C=O) groups is 2. The predicted molar refractivity (Wildman–Crippen MR) is 71.4 cm³/mol. The number of hydrogen-bond donors (Lipinski definition) is 2. The quantitative estimate of drug-likeness (QED) is 0.804. The zero-order valence-corrected chi connectivity index (χ0v) is 11.5. The topological polar surface area (TPSA) is 75.6 Å². The van der Waals surface area contributed by atoms with Crippen LogP contribution in [0.2, 0.25) is 0 Å². The molecule has 20 heavy (non-hydrogen) atoms. The molecule has 0 aliphatic heterocycles. The van der Waals surface area contributed by atoms with Crippen LogP contribution in [0.25, 0.3) is 0 Å². The Hall–Kier alpha value is -2.11. The Kier molecular flexibility index (Phi) is 5.96. The van der Waals surface area contributed by atoms with E-state index in [2.05, 4.69) is 5.32 Å². The summed E-state index contributed by atoms with van der Waals surface area (Å²) in [7, 11) is 1.39. The second kappa shape index (κ2) is 7.47. The molecule has 1 amide bonds. The molecule has 0 bridgehead atoms. The Labute approximate surface area is 116 Å². The van der Waals surface area contributed by atoms with Crippen LogP contribution in [0.5, 0.6) is 5.75 Å². The van der Waals surface area contributed by atoms with E-state index < -0.39 is 23.7 Å². The number of carboxylic acid groups (broad SMARTS) is 1. The molecule has 6 heteroatoms. The molecule has 2 N–H and O–H groups in total. The standard InChI is InChI=1S/C14H18FNO4/c1-3-4-5-12(14(18)19)16-13(17)10-7-6-9(20-2)8-11(10)15/h6-8,12H,3-5H2,1-2H3,(H,16,17)(H,18,19)/t12-/m0/s1. The van der Waals surface area contributed by atoms with Crippen molar-refractivity contribution in [1.82, 2.24) is 5.32 Å². The van der Waals surface area contributed by atoms with Gasteiger partial charge in [0.2, 0.25) is 0 Å². The van der Waals surface area contributed by atoms with Crippen LogP contribution in [0.1, 0.15) is 36.5 Å². The maximum Gasteiger partial charge on any atom is 0.326 e. The van der Waals surface area contributed by atoms with Gasteiger partial charge in [-0.25, -0.2) is 9.18 Å². The first kappa shape index (κ1) is 15.9.